The summed E-state index contributed by atoms with van der Waals surface area (Å²) in [6, 6.07) is 6.84. The van der Waals surface area contributed by atoms with Crippen molar-refractivity contribution in [2.24, 2.45) is 0 Å². The zero-order chi connectivity index (χ0) is 24.9. The first kappa shape index (κ1) is 25.2. The number of aromatic nitrogens is 3. The van der Waals surface area contributed by atoms with Crippen molar-refractivity contribution in [3.63, 3.8) is 0 Å². The average molecular weight is 473 g/mol. The maximum atomic E-state index is 13.3. The third kappa shape index (κ3) is 5.92. The summed E-state index contributed by atoms with van der Waals surface area (Å²) in [7, 11) is 0. The van der Waals surface area contributed by atoms with Crippen LogP contribution in [0.3, 0.4) is 0 Å². The minimum atomic E-state index is -4.34. The van der Waals surface area contributed by atoms with Gasteiger partial charge in [0.05, 0.1) is 11.3 Å². The monoisotopic (exact) mass is 472 g/mol. The van der Waals surface area contributed by atoms with Gasteiger partial charge in [0, 0.05) is 34.8 Å². The van der Waals surface area contributed by atoms with Gasteiger partial charge in [-0.2, -0.15) is 18.3 Å². The first-order chi connectivity index (χ1) is 16.1. The van der Waals surface area contributed by atoms with Crippen molar-refractivity contribution in [3.8, 4) is 0 Å². The number of fused-ring (bicyclic) bond motifs is 2. The minimum Gasteiger partial charge on any atom is -0.383 e. The maximum absolute atomic E-state index is 13.3. The largest absolute Gasteiger partial charge is 0.416 e. The van der Waals surface area contributed by atoms with Crippen LogP contribution in [0.15, 0.2) is 60.3 Å². The van der Waals surface area contributed by atoms with E-state index in [4.69, 9.17) is 5.73 Å². The van der Waals surface area contributed by atoms with E-state index in [9.17, 15) is 17.6 Å². The number of pyridine rings is 1. The Labute approximate surface area is 196 Å². The van der Waals surface area contributed by atoms with E-state index in [2.05, 4.69) is 10.1 Å². The van der Waals surface area contributed by atoms with Gasteiger partial charge in [-0.3, -0.25) is 4.68 Å². The molecule has 1 aromatic carbocycles. The van der Waals surface area contributed by atoms with E-state index in [1.807, 2.05) is 23.7 Å². The lowest BCUT2D eigenvalue weighted by atomic mass is 10.1. The summed E-state index contributed by atoms with van der Waals surface area (Å²) >= 11 is 0. The van der Waals surface area contributed by atoms with Crippen LogP contribution >= 0.6 is 0 Å². The molecule has 0 amide bonds. The van der Waals surface area contributed by atoms with Gasteiger partial charge in [0.15, 0.2) is 0 Å². The Morgan fingerprint density at radius 1 is 1.21 bits per heavy atom. The number of halogens is 4. The van der Waals surface area contributed by atoms with Gasteiger partial charge in [-0.1, -0.05) is 25.2 Å². The highest BCUT2D eigenvalue weighted by molar-refractivity contribution is 5.91. The molecule has 1 aliphatic heterocycles. The van der Waals surface area contributed by atoms with E-state index in [0.717, 1.165) is 30.6 Å². The number of aryl methyl sites for hydroxylation is 3. The predicted octanol–water partition coefficient (Wildman–Crippen LogP) is 6.95. The number of benzene rings is 1. The van der Waals surface area contributed by atoms with Crippen LogP contribution < -0.4 is 5.73 Å². The van der Waals surface area contributed by atoms with Gasteiger partial charge in [0.25, 0.3) is 0 Å². The van der Waals surface area contributed by atoms with Gasteiger partial charge in [-0.05, 0) is 69.0 Å². The Kier molecular flexibility index (Phi) is 7.91. The fourth-order valence-corrected chi connectivity index (χ4v) is 3.83. The van der Waals surface area contributed by atoms with Crippen LogP contribution in [0, 0.1) is 12.7 Å². The molecule has 34 heavy (non-hydrogen) atoms. The molecule has 4 rings (SSSR count). The fourth-order valence-electron chi connectivity index (χ4n) is 3.83. The molecule has 0 unspecified atom stereocenters. The predicted molar refractivity (Wildman–Crippen MR) is 129 cm³/mol. The minimum absolute atomic E-state index is 0.246. The second-order valence-corrected chi connectivity index (χ2v) is 8.05. The molecular weight excluding hydrogens is 444 g/mol. The third-order valence-corrected chi connectivity index (χ3v) is 5.38. The highest BCUT2D eigenvalue weighted by Crippen LogP contribution is 2.31. The van der Waals surface area contributed by atoms with Gasteiger partial charge < -0.3 is 5.73 Å². The Hall–Kier alpha value is -3.42. The second kappa shape index (κ2) is 10.7. The average Bonchev–Trinajstić information content (AvgIpc) is 3.36. The van der Waals surface area contributed by atoms with E-state index in [1.54, 1.807) is 32.1 Å². The molecule has 2 N–H and O–H groups in total. The third-order valence-electron chi connectivity index (χ3n) is 5.38. The summed E-state index contributed by atoms with van der Waals surface area (Å²) in [6.45, 7) is 6.15. The van der Waals surface area contributed by atoms with Crippen molar-refractivity contribution in [3.05, 3.63) is 83.1 Å². The van der Waals surface area contributed by atoms with Gasteiger partial charge in [0.2, 0.25) is 0 Å². The summed E-state index contributed by atoms with van der Waals surface area (Å²) in [5.41, 5.74) is 8.04. The Morgan fingerprint density at radius 3 is 2.62 bits per heavy atom. The van der Waals surface area contributed by atoms with Crippen LogP contribution in [0.25, 0.3) is 16.3 Å². The van der Waals surface area contributed by atoms with Crippen LogP contribution in [0.2, 0.25) is 0 Å². The molecule has 1 aliphatic rings. The molecule has 4 nitrogen and oxygen atoms in total. The molecular formula is C26H28F4N4. The molecule has 0 saturated heterocycles. The van der Waals surface area contributed by atoms with E-state index >= 15 is 0 Å². The lowest BCUT2D eigenvalue weighted by Gasteiger charge is -2.09. The van der Waals surface area contributed by atoms with E-state index in [1.165, 1.54) is 24.4 Å². The van der Waals surface area contributed by atoms with Gasteiger partial charge in [0.1, 0.15) is 11.6 Å². The van der Waals surface area contributed by atoms with Crippen molar-refractivity contribution in [1.29, 1.82) is 0 Å². The van der Waals surface area contributed by atoms with Gasteiger partial charge >= 0.3 is 6.18 Å². The molecule has 0 aliphatic carbocycles. The zero-order valence-electron chi connectivity index (χ0n) is 19.5. The Morgan fingerprint density at radius 2 is 1.97 bits per heavy atom. The van der Waals surface area contributed by atoms with Crippen LogP contribution in [-0.4, -0.2) is 20.9 Å². The van der Waals surface area contributed by atoms with Crippen LogP contribution in [0.1, 0.15) is 43.6 Å². The molecule has 0 radical (unpaired) electrons. The molecule has 0 bridgehead atoms. The van der Waals surface area contributed by atoms with Gasteiger partial charge in [-0.25, -0.2) is 9.37 Å². The summed E-state index contributed by atoms with van der Waals surface area (Å²) < 4.78 is 54.3. The quantitative estimate of drug-likeness (QED) is 0.330. The topological polar surface area (TPSA) is 56.7 Å². The molecule has 8 heteroatoms. The first-order valence-electron chi connectivity index (χ1n) is 11.1. The van der Waals surface area contributed by atoms with Crippen molar-refractivity contribution in [1.82, 2.24) is 14.8 Å². The second-order valence-electron chi connectivity index (χ2n) is 8.05. The van der Waals surface area contributed by atoms with Crippen molar-refractivity contribution in [2.45, 2.75) is 52.8 Å². The molecule has 2 aromatic heterocycles. The molecule has 0 atom stereocenters. The number of hydrogen-bond donors (Lipinski definition) is 1. The zero-order valence-corrected chi connectivity index (χ0v) is 19.5. The van der Waals surface area contributed by atoms with Crippen LogP contribution in [0.4, 0.5) is 23.4 Å². The smallest absolute Gasteiger partial charge is 0.383 e. The summed E-state index contributed by atoms with van der Waals surface area (Å²) in [6.07, 6.45) is 5.29. The molecule has 3 aromatic rings. The summed E-state index contributed by atoms with van der Waals surface area (Å²) in [4.78, 5) is 3.90. The number of allylic oxidation sites excluding steroid dienone is 6. The number of alkyl halides is 3. The highest BCUT2D eigenvalue weighted by atomic mass is 19.4. The lowest BCUT2D eigenvalue weighted by Crippen LogP contribution is -2.10. The summed E-state index contributed by atoms with van der Waals surface area (Å²) in [5, 5.41) is 5.61. The number of rotatable bonds is 4. The van der Waals surface area contributed by atoms with Crippen LogP contribution in [-0.2, 0) is 13.0 Å². The normalized spacial score (nSPS) is 14.4. The van der Waals surface area contributed by atoms with E-state index in [0.29, 0.717) is 34.3 Å². The molecule has 0 fully saturated rings. The van der Waals surface area contributed by atoms with E-state index in [-0.39, 0.29) is 5.82 Å². The van der Waals surface area contributed by atoms with Crippen LogP contribution in [0.5, 0.6) is 0 Å². The Balaban J connectivity index is 0.000000212. The van der Waals surface area contributed by atoms with Crippen molar-refractivity contribution >= 4 is 22.2 Å². The number of hydrogen-bond acceptors (Lipinski definition) is 3. The number of anilines is 1. The molecule has 0 saturated carbocycles. The number of nitrogen functional groups attached to an aromatic ring is 1. The maximum Gasteiger partial charge on any atom is 0.416 e. The van der Waals surface area contributed by atoms with Crippen molar-refractivity contribution in [2.75, 3.05) is 5.73 Å². The SMILES string of the molecule is C\C=C/C(=C\C(=C\CC)C(F)(F)F)c1cc2n(n1)CCC2.Cc1cc(F)c2ccnc(N)c2c1. The molecule has 3 heterocycles. The van der Waals surface area contributed by atoms with E-state index < -0.39 is 11.7 Å². The summed E-state index contributed by atoms with van der Waals surface area (Å²) in [5.74, 6) is 0.129. The standard InChI is InChI=1S/C16H19F3N2.C10H9FN2/c1-3-6-12(10-13(7-4-2)16(17,18)19)15-11-14-8-5-9-21(14)20-15;1-6-4-8-7(9(11)5-6)2-3-13-10(8)12/h3,6-7,10-11H,4-5,8-9H2,1-2H3;2-5H,1H3,(H2,12,13)/b6-3-,12-10+,13-7-;. The van der Waals surface area contributed by atoms with Gasteiger partial charge in [-0.15, -0.1) is 0 Å². The highest BCUT2D eigenvalue weighted by Gasteiger charge is 2.32. The molecule has 180 valence electrons. The fraction of sp³-hybridized carbons (Fsp3) is 0.308. The lowest BCUT2D eigenvalue weighted by molar-refractivity contribution is -0.0883. The molecule has 0 spiro atoms. The number of nitrogens with zero attached hydrogens (tertiary/aromatic N) is 3. The Bertz CT molecular complexity index is 1230. The van der Waals surface area contributed by atoms with Crippen molar-refractivity contribution < 1.29 is 17.6 Å². The first-order valence-corrected chi connectivity index (χ1v) is 11.1. The number of nitrogens with two attached hydrogens (primary N) is 1.